The normalized spacial score (nSPS) is 27.1. The number of morpholine rings is 1. The first-order valence-electron chi connectivity index (χ1n) is 6.93. The molecule has 0 spiro atoms. The molecule has 19 heavy (non-hydrogen) atoms. The highest BCUT2D eigenvalue weighted by molar-refractivity contribution is 5.94. The van der Waals surface area contributed by atoms with Gasteiger partial charge in [0, 0.05) is 19.2 Å². The van der Waals surface area contributed by atoms with E-state index < -0.39 is 0 Å². The van der Waals surface area contributed by atoms with Crippen LogP contribution in [-0.2, 0) is 4.74 Å². The second-order valence-corrected chi connectivity index (χ2v) is 5.22. The van der Waals surface area contributed by atoms with E-state index in [0.717, 1.165) is 25.4 Å². The van der Waals surface area contributed by atoms with E-state index >= 15 is 0 Å². The summed E-state index contributed by atoms with van der Waals surface area (Å²) in [4.78, 5) is 14.1. The van der Waals surface area contributed by atoms with Crippen molar-refractivity contribution in [1.29, 1.82) is 0 Å². The van der Waals surface area contributed by atoms with Gasteiger partial charge in [0.1, 0.15) is 5.69 Å². The second-order valence-electron chi connectivity index (χ2n) is 5.22. The molecule has 0 radical (unpaired) electrons. The molecule has 2 atom stereocenters. The maximum Gasteiger partial charge on any atom is 0.269 e. The van der Waals surface area contributed by atoms with Crippen molar-refractivity contribution in [2.75, 3.05) is 31.2 Å². The van der Waals surface area contributed by atoms with Crippen molar-refractivity contribution in [3.63, 3.8) is 0 Å². The van der Waals surface area contributed by atoms with Gasteiger partial charge in [-0.3, -0.25) is 9.48 Å². The van der Waals surface area contributed by atoms with E-state index in [1.807, 2.05) is 10.7 Å². The van der Waals surface area contributed by atoms with E-state index in [0.29, 0.717) is 24.9 Å². The third-order valence-corrected chi connectivity index (χ3v) is 3.93. The number of aromatic nitrogens is 2. The number of carbonyl (C=O) groups is 1. The van der Waals surface area contributed by atoms with Gasteiger partial charge in [-0.05, 0) is 13.3 Å². The molecule has 6 heteroatoms. The molecule has 0 saturated carbocycles. The van der Waals surface area contributed by atoms with Crippen LogP contribution in [0.1, 0.15) is 36.8 Å². The van der Waals surface area contributed by atoms with Crippen LogP contribution in [-0.4, -0.2) is 48.0 Å². The van der Waals surface area contributed by atoms with Crippen LogP contribution in [0.5, 0.6) is 0 Å². The van der Waals surface area contributed by atoms with Crippen LogP contribution in [0.15, 0.2) is 6.07 Å². The molecule has 0 bridgehead atoms. The summed E-state index contributed by atoms with van der Waals surface area (Å²) in [7, 11) is 0. The molecule has 1 aromatic rings. The Bertz CT molecular complexity index is 485. The fourth-order valence-electron chi connectivity index (χ4n) is 2.74. The molecule has 3 heterocycles. The Balaban J connectivity index is 1.94. The summed E-state index contributed by atoms with van der Waals surface area (Å²) in [5.41, 5.74) is 0.673. The first-order chi connectivity index (χ1) is 9.20. The Morgan fingerprint density at radius 3 is 3.16 bits per heavy atom. The molecule has 1 aromatic heterocycles. The molecule has 1 fully saturated rings. The maximum atomic E-state index is 11.9. The van der Waals surface area contributed by atoms with Crippen molar-refractivity contribution in [2.24, 2.45) is 0 Å². The van der Waals surface area contributed by atoms with Crippen molar-refractivity contribution in [2.45, 2.75) is 32.4 Å². The lowest BCUT2D eigenvalue weighted by atomic mass is 10.1. The summed E-state index contributed by atoms with van der Waals surface area (Å²) in [5.74, 6) is 0.866. The van der Waals surface area contributed by atoms with E-state index in [1.165, 1.54) is 0 Å². The van der Waals surface area contributed by atoms with Gasteiger partial charge < -0.3 is 15.0 Å². The number of amides is 1. The van der Waals surface area contributed by atoms with Crippen LogP contribution >= 0.6 is 0 Å². The van der Waals surface area contributed by atoms with Crippen LogP contribution in [0.4, 0.5) is 5.82 Å². The summed E-state index contributed by atoms with van der Waals surface area (Å²) in [6.45, 7) is 7.17. The number of hydrogen-bond donors (Lipinski definition) is 1. The van der Waals surface area contributed by atoms with Gasteiger partial charge >= 0.3 is 0 Å². The minimum Gasteiger partial charge on any atom is -0.377 e. The van der Waals surface area contributed by atoms with Gasteiger partial charge in [0.15, 0.2) is 5.82 Å². The third kappa shape index (κ3) is 2.10. The zero-order chi connectivity index (χ0) is 13.4. The lowest BCUT2D eigenvalue weighted by Gasteiger charge is -2.33. The number of fused-ring (bicyclic) bond motifs is 1. The number of nitrogens with zero attached hydrogens (tertiary/aromatic N) is 3. The molecule has 0 aliphatic carbocycles. The van der Waals surface area contributed by atoms with E-state index in [9.17, 15) is 4.79 Å². The molecule has 1 saturated heterocycles. The van der Waals surface area contributed by atoms with E-state index in [4.69, 9.17) is 4.74 Å². The van der Waals surface area contributed by atoms with Gasteiger partial charge in [0.2, 0.25) is 0 Å². The standard InChI is InChI=1S/C13H20N4O2/c1-3-10-7-14-13(18)11-6-12(15-17(10)11)16-4-5-19-8-9(16)2/h6,9-10H,3-5,7-8H2,1-2H3,(H,14,18)/t9-,10-/m1/s1. The van der Waals surface area contributed by atoms with E-state index in [-0.39, 0.29) is 11.9 Å². The summed E-state index contributed by atoms with van der Waals surface area (Å²) in [6, 6.07) is 2.46. The molecule has 1 amide bonds. The van der Waals surface area contributed by atoms with Gasteiger partial charge in [0.05, 0.1) is 25.3 Å². The smallest absolute Gasteiger partial charge is 0.269 e. The van der Waals surface area contributed by atoms with Gasteiger partial charge in [-0.15, -0.1) is 0 Å². The van der Waals surface area contributed by atoms with E-state index in [1.54, 1.807) is 0 Å². The average molecular weight is 264 g/mol. The Morgan fingerprint density at radius 2 is 2.42 bits per heavy atom. The maximum absolute atomic E-state index is 11.9. The zero-order valence-corrected chi connectivity index (χ0v) is 11.4. The number of rotatable bonds is 2. The topological polar surface area (TPSA) is 59.4 Å². The van der Waals surface area contributed by atoms with Crippen LogP contribution < -0.4 is 10.2 Å². The fourth-order valence-corrected chi connectivity index (χ4v) is 2.74. The van der Waals surface area contributed by atoms with Gasteiger partial charge in [-0.1, -0.05) is 6.92 Å². The van der Waals surface area contributed by atoms with E-state index in [2.05, 4.69) is 29.2 Å². The average Bonchev–Trinajstić information content (AvgIpc) is 2.85. The number of nitrogens with one attached hydrogen (secondary N) is 1. The minimum absolute atomic E-state index is 0.0237. The number of carbonyl (C=O) groups excluding carboxylic acids is 1. The van der Waals surface area contributed by atoms with Crippen molar-refractivity contribution >= 4 is 11.7 Å². The van der Waals surface area contributed by atoms with Crippen LogP contribution in [0, 0.1) is 0 Å². The lowest BCUT2D eigenvalue weighted by molar-refractivity contribution is 0.0908. The van der Waals surface area contributed by atoms with Gasteiger partial charge in [0.25, 0.3) is 5.91 Å². The molecule has 3 rings (SSSR count). The third-order valence-electron chi connectivity index (χ3n) is 3.93. The predicted molar refractivity (Wildman–Crippen MR) is 71.5 cm³/mol. The van der Waals surface area contributed by atoms with Crippen molar-refractivity contribution in [1.82, 2.24) is 15.1 Å². The molecule has 1 N–H and O–H groups in total. The van der Waals surface area contributed by atoms with Crippen molar-refractivity contribution < 1.29 is 9.53 Å². The minimum atomic E-state index is -0.0237. The highest BCUT2D eigenvalue weighted by atomic mass is 16.5. The Hall–Kier alpha value is -1.56. The number of anilines is 1. The molecule has 2 aliphatic heterocycles. The van der Waals surface area contributed by atoms with Gasteiger partial charge in [-0.2, -0.15) is 5.10 Å². The predicted octanol–water partition coefficient (Wildman–Crippen LogP) is 0.803. The quantitative estimate of drug-likeness (QED) is 0.858. The Morgan fingerprint density at radius 1 is 1.58 bits per heavy atom. The molecule has 0 unspecified atom stereocenters. The number of hydrogen-bond acceptors (Lipinski definition) is 4. The molecule has 2 aliphatic rings. The molecular formula is C13H20N4O2. The first kappa shape index (κ1) is 12.5. The number of ether oxygens (including phenoxy) is 1. The summed E-state index contributed by atoms with van der Waals surface area (Å²) < 4.78 is 7.33. The summed E-state index contributed by atoms with van der Waals surface area (Å²) >= 11 is 0. The molecule has 6 nitrogen and oxygen atoms in total. The van der Waals surface area contributed by atoms with Gasteiger partial charge in [-0.25, -0.2) is 0 Å². The molecule has 0 aromatic carbocycles. The van der Waals surface area contributed by atoms with Crippen LogP contribution in [0.2, 0.25) is 0 Å². The van der Waals surface area contributed by atoms with Crippen LogP contribution in [0.25, 0.3) is 0 Å². The Kier molecular flexibility index (Phi) is 3.18. The lowest BCUT2D eigenvalue weighted by Crippen LogP contribution is -2.44. The summed E-state index contributed by atoms with van der Waals surface area (Å²) in [5, 5.41) is 7.58. The SMILES string of the molecule is CC[C@@H]1CNC(=O)c2cc(N3CCOC[C@H]3C)nn21. The fraction of sp³-hybridized carbons (Fsp3) is 0.692. The highest BCUT2D eigenvalue weighted by Crippen LogP contribution is 2.25. The second kappa shape index (κ2) is 4.85. The monoisotopic (exact) mass is 264 g/mol. The van der Waals surface area contributed by atoms with Crippen molar-refractivity contribution in [3.05, 3.63) is 11.8 Å². The largest absolute Gasteiger partial charge is 0.377 e. The molecule has 104 valence electrons. The Labute approximate surface area is 112 Å². The molecular weight excluding hydrogens is 244 g/mol. The highest BCUT2D eigenvalue weighted by Gasteiger charge is 2.29. The zero-order valence-electron chi connectivity index (χ0n) is 11.4. The van der Waals surface area contributed by atoms with Crippen LogP contribution in [0.3, 0.4) is 0 Å². The van der Waals surface area contributed by atoms with Crippen molar-refractivity contribution in [3.8, 4) is 0 Å². The summed E-state index contributed by atoms with van der Waals surface area (Å²) in [6.07, 6.45) is 0.965. The first-order valence-corrected chi connectivity index (χ1v) is 6.93.